The molecule has 7 nitrogen and oxygen atoms in total. The van der Waals surface area contributed by atoms with Crippen LogP contribution >= 0.6 is 0 Å². The van der Waals surface area contributed by atoms with Crippen LogP contribution in [0.4, 0.5) is 5.82 Å². The number of pyridine rings is 1. The monoisotopic (exact) mass is 405 g/mol. The first-order chi connectivity index (χ1) is 14.7. The van der Waals surface area contributed by atoms with Crippen molar-refractivity contribution in [2.24, 2.45) is 0 Å². The Bertz CT molecular complexity index is 947. The smallest absolute Gasteiger partial charge is 0.272 e. The molecule has 3 aromatic rings. The number of amides is 1. The Labute approximate surface area is 176 Å². The summed E-state index contributed by atoms with van der Waals surface area (Å²) in [4.78, 5) is 21.3. The van der Waals surface area contributed by atoms with E-state index < -0.39 is 0 Å². The Balaban J connectivity index is 1.35. The number of unbranched alkanes of at least 4 members (excludes halogenated alkanes) is 1. The van der Waals surface area contributed by atoms with Crippen molar-refractivity contribution in [1.82, 2.24) is 20.1 Å². The van der Waals surface area contributed by atoms with Crippen molar-refractivity contribution in [2.45, 2.75) is 19.8 Å². The minimum Gasteiger partial charge on any atom is -0.494 e. The fourth-order valence-corrected chi connectivity index (χ4v) is 3.49. The summed E-state index contributed by atoms with van der Waals surface area (Å²) in [7, 11) is 0. The van der Waals surface area contributed by atoms with Gasteiger partial charge in [0, 0.05) is 37.9 Å². The molecule has 0 aliphatic carbocycles. The number of carbonyl (C=O) groups excluding carboxylic acids is 1. The van der Waals surface area contributed by atoms with Crippen molar-refractivity contribution < 1.29 is 9.53 Å². The molecule has 1 saturated heterocycles. The summed E-state index contributed by atoms with van der Waals surface area (Å²) >= 11 is 0. The van der Waals surface area contributed by atoms with Crippen LogP contribution < -0.4 is 9.64 Å². The van der Waals surface area contributed by atoms with Crippen molar-refractivity contribution >= 4 is 11.7 Å². The average Bonchev–Trinajstić information content (AvgIpc) is 3.30. The molecule has 30 heavy (non-hydrogen) atoms. The summed E-state index contributed by atoms with van der Waals surface area (Å²) in [5, 5.41) is 7.24. The quantitative estimate of drug-likeness (QED) is 0.608. The van der Waals surface area contributed by atoms with Gasteiger partial charge in [-0.05, 0) is 48.9 Å². The van der Waals surface area contributed by atoms with Crippen molar-refractivity contribution in [2.75, 3.05) is 37.7 Å². The number of benzene rings is 1. The highest BCUT2D eigenvalue weighted by Gasteiger charge is 2.24. The molecular weight excluding hydrogens is 378 g/mol. The van der Waals surface area contributed by atoms with Gasteiger partial charge in [-0.25, -0.2) is 4.98 Å². The zero-order valence-corrected chi connectivity index (χ0v) is 17.3. The van der Waals surface area contributed by atoms with Crippen LogP contribution in [-0.2, 0) is 0 Å². The second kappa shape index (κ2) is 9.43. The number of nitrogens with zero attached hydrogens (tertiary/aromatic N) is 4. The van der Waals surface area contributed by atoms with E-state index in [9.17, 15) is 4.79 Å². The maximum Gasteiger partial charge on any atom is 0.272 e. The Morgan fingerprint density at radius 3 is 2.60 bits per heavy atom. The summed E-state index contributed by atoms with van der Waals surface area (Å²) < 4.78 is 5.70. The number of hydrogen-bond acceptors (Lipinski definition) is 5. The number of anilines is 1. The molecule has 0 saturated carbocycles. The first-order valence-electron chi connectivity index (χ1n) is 10.5. The Morgan fingerprint density at radius 2 is 1.90 bits per heavy atom. The highest BCUT2D eigenvalue weighted by atomic mass is 16.5. The van der Waals surface area contributed by atoms with E-state index in [-0.39, 0.29) is 5.91 Å². The van der Waals surface area contributed by atoms with Gasteiger partial charge >= 0.3 is 0 Å². The molecule has 1 N–H and O–H groups in total. The van der Waals surface area contributed by atoms with Crippen LogP contribution in [0, 0.1) is 0 Å². The summed E-state index contributed by atoms with van der Waals surface area (Å²) in [5.41, 5.74) is 2.22. The van der Waals surface area contributed by atoms with Crippen LogP contribution in [0.3, 0.4) is 0 Å². The maximum atomic E-state index is 12.9. The number of aromatic nitrogens is 3. The van der Waals surface area contributed by atoms with E-state index >= 15 is 0 Å². The summed E-state index contributed by atoms with van der Waals surface area (Å²) in [6, 6.07) is 15.5. The van der Waals surface area contributed by atoms with Gasteiger partial charge in [0.15, 0.2) is 0 Å². The van der Waals surface area contributed by atoms with Crippen molar-refractivity contribution in [1.29, 1.82) is 0 Å². The average molecular weight is 406 g/mol. The van der Waals surface area contributed by atoms with Gasteiger partial charge in [0.05, 0.1) is 12.3 Å². The second-order valence-electron chi connectivity index (χ2n) is 7.36. The molecule has 1 aliphatic rings. The van der Waals surface area contributed by atoms with Crippen molar-refractivity contribution in [3.8, 4) is 17.0 Å². The number of rotatable bonds is 7. The number of hydrogen-bond donors (Lipinski definition) is 1. The Hall–Kier alpha value is -3.35. The van der Waals surface area contributed by atoms with Gasteiger partial charge in [0.25, 0.3) is 5.91 Å². The fourth-order valence-electron chi connectivity index (χ4n) is 3.49. The van der Waals surface area contributed by atoms with Gasteiger partial charge in [0.2, 0.25) is 0 Å². The van der Waals surface area contributed by atoms with E-state index in [1.165, 1.54) is 0 Å². The van der Waals surface area contributed by atoms with E-state index in [2.05, 4.69) is 27.0 Å². The predicted octanol–water partition coefficient (Wildman–Crippen LogP) is 3.61. The highest BCUT2D eigenvalue weighted by Crippen LogP contribution is 2.22. The normalized spacial score (nSPS) is 14.0. The summed E-state index contributed by atoms with van der Waals surface area (Å²) in [5.74, 6) is 1.79. The minimum absolute atomic E-state index is 0.0195. The molecule has 1 aromatic carbocycles. The van der Waals surface area contributed by atoms with Gasteiger partial charge in [0.1, 0.15) is 17.3 Å². The molecule has 4 rings (SSSR count). The van der Waals surface area contributed by atoms with Gasteiger partial charge in [-0.2, -0.15) is 5.10 Å². The lowest BCUT2D eigenvalue weighted by atomic mass is 10.1. The molecule has 0 bridgehead atoms. The number of H-pyrrole nitrogens is 1. The Morgan fingerprint density at radius 1 is 1.10 bits per heavy atom. The molecule has 0 spiro atoms. The van der Waals surface area contributed by atoms with E-state index in [1.807, 2.05) is 53.4 Å². The standard InChI is InChI=1S/C23H27N5O2/c1-2-3-16-30-19-9-7-18(8-10-19)20-17-21(26-25-20)23(29)28-14-12-27(13-15-28)22-6-4-5-11-24-22/h4-11,17H,2-3,12-16H2,1H3,(H,25,26). The lowest BCUT2D eigenvalue weighted by Crippen LogP contribution is -2.49. The number of nitrogens with one attached hydrogen (secondary N) is 1. The number of carbonyl (C=O) groups is 1. The summed E-state index contributed by atoms with van der Waals surface area (Å²) in [6.07, 6.45) is 3.95. The number of aromatic amines is 1. The first kappa shape index (κ1) is 19.9. The van der Waals surface area contributed by atoms with Crippen LogP contribution in [0.1, 0.15) is 30.3 Å². The molecule has 2 aromatic heterocycles. The largest absolute Gasteiger partial charge is 0.494 e. The Kier molecular flexibility index (Phi) is 6.27. The molecule has 7 heteroatoms. The van der Waals surface area contributed by atoms with Gasteiger partial charge in [-0.15, -0.1) is 0 Å². The zero-order chi connectivity index (χ0) is 20.8. The third-order valence-corrected chi connectivity index (χ3v) is 5.27. The maximum absolute atomic E-state index is 12.9. The van der Waals surface area contributed by atoms with Crippen LogP contribution in [0.25, 0.3) is 11.3 Å². The molecule has 156 valence electrons. The van der Waals surface area contributed by atoms with E-state index in [0.29, 0.717) is 18.8 Å². The lowest BCUT2D eigenvalue weighted by Gasteiger charge is -2.35. The fraction of sp³-hybridized carbons (Fsp3) is 0.348. The van der Waals surface area contributed by atoms with Crippen LogP contribution in [0.5, 0.6) is 5.75 Å². The predicted molar refractivity (Wildman–Crippen MR) is 117 cm³/mol. The van der Waals surface area contributed by atoms with E-state index in [1.54, 1.807) is 6.20 Å². The van der Waals surface area contributed by atoms with Crippen LogP contribution in [0.2, 0.25) is 0 Å². The van der Waals surface area contributed by atoms with Crippen molar-refractivity contribution in [3.05, 3.63) is 60.4 Å². The molecule has 1 aliphatic heterocycles. The zero-order valence-electron chi connectivity index (χ0n) is 17.3. The second-order valence-corrected chi connectivity index (χ2v) is 7.36. The van der Waals surface area contributed by atoms with Gasteiger partial charge < -0.3 is 14.5 Å². The molecule has 0 radical (unpaired) electrons. The molecular formula is C23H27N5O2. The SMILES string of the molecule is CCCCOc1ccc(-c2cc(C(=O)N3CCN(c4ccccn4)CC3)[nH]n2)cc1. The number of piperazine rings is 1. The molecule has 1 amide bonds. The highest BCUT2D eigenvalue weighted by molar-refractivity contribution is 5.93. The topological polar surface area (TPSA) is 74.3 Å². The third kappa shape index (κ3) is 4.62. The molecule has 1 fully saturated rings. The van der Waals surface area contributed by atoms with Crippen LogP contribution in [-0.4, -0.2) is 58.8 Å². The lowest BCUT2D eigenvalue weighted by molar-refractivity contribution is 0.0740. The van der Waals surface area contributed by atoms with E-state index in [0.717, 1.165) is 55.4 Å². The van der Waals surface area contributed by atoms with Gasteiger partial charge in [-0.3, -0.25) is 9.89 Å². The minimum atomic E-state index is -0.0195. The third-order valence-electron chi connectivity index (χ3n) is 5.27. The molecule has 0 atom stereocenters. The molecule has 3 heterocycles. The van der Waals surface area contributed by atoms with Gasteiger partial charge in [-0.1, -0.05) is 19.4 Å². The van der Waals surface area contributed by atoms with Crippen LogP contribution in [0.15, 0.2) is 54.7 Å². The first-order valence-corrected chi connectivity index (χ1v) is 10.5. The molecule has 0 unspecified atom stereocenters. The van der Waals surface area contributed by atoms with Crippen molar-refractivity contribution in [3.63, 3.8) is 0 Å². The van der Waals surface area contributed by atoms with E-state index in [4.69, 9.17) is 4.74 Å². The number of ether oxygens (including phenoxy) is 1. The summed E-state index contributed by atoms with van der Waals surface area (Å²) in [6.45, 7) is 5.72.